The van der Waals surface area contributed by atoms with Gasteiger partial charge in [0.2, 0.25) is 0 Å². The number of ether oxygens (including phenoxy) is 1. The summed E-state index contributed by atoms with van der Waals surface area (Å²) in [4.78, 5) is 11.3. The quantitative estimate of drug-likeness (QED) is 0.904. The van der Waals surface area contributed by atoms with Gasteiger partial charge in [0.1, 0.15) is 0 Å². The van der Waals surface area contributed by atoms with E-state index < -0.39 is 5.97 Å². The summed E-state index contributed by atoms with van der Waals surface area (Å²) in [5, 5.41) is 14.5. The molecule has 0 radical (unpaired) electrons. The molecule has 0 spiro atoms. The lowest BCUT2D eigenvalue weighted by atomic mass is 9.98. The van der Waals surface area contributed by atoms with Crippen LogP contribution in [0.25, 0.3) is 10.8 Å². The molecule has 4 heteroatoms. The van der Waals surface area contributed by atoms with Crippen LogP contribution in [0.4, 0.5) is 5.69 Å². The number of fused-ring (bicyclic) bond motifs is 1. The predicted octanol–water partition coefficient (Wildman–Crippen LogP) is 3.37. The maximum Gasteiger partial charge on any atom is 0.336 e. The van der Waals surface area contributed by atoms with Gasteiger partial charge in [-0.3, -0.25) is 0 Å². The fourth-order valence-corrected chi connectivity index (χ4v) is 2.92. The van der Waals surface area contributed by atoms with Gasteiger partial charge in [-0.25, -0.2) is 4.79 Å². The Balaban J connectivity index is 1.95. The monoisotopic (exact) mass is 285 g/mol. The Hall–Kier alpha value is -2.07. The first kappa shape index (κ1) is 13.9. The standard InChI is InChI=1S/C17H19NO3/c1-11(12-8-9-21-10-12)18-16-7-6-15(17(19)20)13-4-2-3-5-14(13)16/h2-7,11-12,18H,8-10H2,1H3,(H,19,20). The summed E-state index contributed by atoms with van der Waals surface area (Å²) in [5.74, 6) is -0.391. The molecule has 0 amide bonds. The Labute approximate surface area is 123 Å². The van der Waals surface area contributed by atoms with Crippen molar-refractivity contribution in [3.8, 4) is 0 Å². The summed E-state index contributed by atoms with van der Waals surface area (Å²) < 4.78 is 5.44. The third-order valence-electron chi connectivity index (χ3n) is 4.21. The molecule has 1 fully saturated rings. The number of aromatic carboxylic acids is 1. The number of benzene rings is 2. The normalized spacial score (nSPS) is 19.6. The fourth-order valence-electron chi connectivity index (χ4n) is 2.92. The first-order valence-corrected chi connectivity index (χ1v) is 7.26. The predicted molar refractivity (Wildman–Crippen MR) is 82.9 cm³/mol. The van der Waals surface area contributed by atoms with Gasteiger partial charge in [-0.2, -0.15) is 0 Å². The van der Waals surface area contributed by atoms with Crippen LogP contribution in [0.1, 0.15) is 23.7 Å². The summed E-state index contributed by atoms with van der Waals surface area (Å²) in [5.41, 5.74) is 1.32. The van der Waals surface area contributed by atoms with E-state index >= 15 is 0 Å². The Bertz CT molecular complexity index is 662. The summed E-state index contributed by atoms with van der Waals surface area (Å²) in [6, 6.07) is 11.4. The van der Waals surface area contributed by atoms with Crippen molar-refractivity contribution in [3.05, 3.63) is 42.0 Å². The first-order chi connectivity index (χ1) is 10.2. The molecule has 110 valence electrons. The maximum absolute atomic E-state index is 11.3. The van der Waals surface area contributed by atoms with Crippen LogP contribution in [0.5, 0.6) is 0 Å². The van der Waals surface area contributed by atoms with Gasteiger partial charge in [-0.1, -0.05) is 24.3 Å². The lowest BCUT2D eigenvalue weighted by Crippen LogP contribution is -2.26. The zero-order valence-electron chi connectivity index (χ0n) is 12.0. The van der Waals surface area contributed by atoms with Crippen molar-refractivity contribution >= 4 is 22.4 Å². The third-order valence-corrected chi connectivity index (χ3v) is 4.21. The van der Waals surface area contributed by atoms with Gasteiger partial charge in [0.05, 0.1) is 12.2 Å². The highest BCUT2D eigenvalue weighted by Crippen LogP contribution is 2.29. The molecule has 1 heterocycles. The molecule has 0 saturated carbocycles. The topological polar surface area (TPSA) is 58.6 Å². The molecule has 3 rings (SSSR count). The van der Waals surface area contributed by atoms with E-state index in [-0.39, 0.29) is 0 Å². The number of anilines is 1. The van der Waals surface area contributed by atoms with Crippen LogP contribution in [0.15, 0.2) is 36.4 Å². The van der Waals surface area contributed by atoms with Crippen molar-refractivity contribution < 1.29 is 14.6 Å². The van der Waals surface area contributed by atoms with Crippen LogP contribution in [-0.2, 0) is 4.74 Å². The Morgan fingerprint density at radius 2 is 2.05 bits per heavy atom. The molecule has 1 saturated heterocycles. The van der Waals surface area contributed by atoms with Gasteiger partial charge in [-0.15, -0.1) is 0 Å². The molecular formula is C17H19NO3. The highest BCUT2D eigenvalue weighted by Gasteiger charge is 2.22. The number of hydrogen-bond acceptors (Lipinski definition) is 3. The van der Waals surface area contributed by atoms with Gasteiger partial charge < -0.3 is 15.2 Å². The third kappa shape index (κ3) is 2.72. The Kier molecular flexibility index (Phi) is 3.80. The fraction of sp³-hybridized carbons (Fsp3) is 0.353. The molecule has 0 aliphatic carbocycles. The number of carboxylic acids is 1. The van der Waals surface area contributed by atoms with Crippen LogP contribution in [0.3, 0.4) is 0 Å². The lowest BCUT2D eigenvalue weighted by Gasteiger charge is -2.22. The number of nitrogens with one attached hydrogen (secondary N) is 1. The largest absolute Gasteiger partial charge is 0.478 e. The van der Waals surface area contributed by atoms with Crippen molar-refractivity contribution in [2.24, 2.45) is 5.92 Å². The Morgan fingerprint density at radius 1 is 1.29 bits per heavy atom. The van der Waals surface area contributed by atoms with Crippen molar-refractivity contribution in [1.29, 1.82) is 0 Å². The number of carbonyl (C=O) groups is 1. The highest BCUT2D eigenvalue weighted by molar-refractivity contribution is 6.07. The van der Waals surface area contributed by atoms with Crippen molar-refractivity contribution in [2.75, 3.05) is 18.5 Å². The van der Waals surface area contributed by atoms with Crippen molar-refractivity contribution in [3.63, 3.8) is 0 Å². The van der Waals surface area contributed by atoms with Gasteiger partial charge >= 0.3 is 5.97 Å². The second kappa shape index (κ2) is 5.74. The summed E-state index contributed by atoms with van der Waals surface area (Å²) >= 11 is 0. The smallest absolute Gasteiger partial charge is 0.336 e. The molecular weight excluding hydrogens is 266 g/mol. The van der Waals surface area contributed by atoms with Crippen molar-refractivity contribution in [1.82, 2.24) is 0 Å². The Morgan fingerprint density at radius 3 is 2.71 bits per heavy atom. The molecule has 21 heavy (non-hydrogen) atoms. The minimum absolute atomic E-state index is 0.298. The van der Waals surface area contributed by atoms with Gasteiger partial charge in [0, 0.05) is 29.6 Å². The molecule has 2 unspecified atom stereocenters. The highest BCUT2D eigenvalue weighted by atomic mass is 16.5. The van der Waals surface area contributed by atoms with E-state index in [1.165, 1.54) is 0 Å². The number of hydrogen-bond donors (Lipinski definition) is 2. The van der Waals surface area contributed by atoms with Gasteiger partial charge in [-0.05, 0) is 30.9 Å². The summed E-state index contributed by atoms with van der Waals surface area (Å²) in [6.07, 6.45) is 1.07. The van der Waals surface area contributed by atoms with Crippen LogP contribution >= 0.6 is 0 Å². The molecule has 4 nitrogen and oxygen atoms in total. The zero-order valence-corrected chi connectivity index (χ0v) is 12.0. The maximum atomic E-state index is 11.3. The zero-order chi connectivity index (χ0) is 14.8. The van der Waals surface area contributed by atoms with Crippen LogP contribution in [-0.4, -0.2) is 30.3 Å². The second-order valence-electron chi connectivity index (χ2n) is 5.57. The lowest BCUT2D eigenvalue weighted by molar-refractivity contribution is 0.0699. The van der Waals surface area contributed by atoms with E-state index in [1.54, 1.807) is 6.07 Å². The van der Waals surface area contributed by atoms with E-state index in [4.69, 9.17) is 4.74 Å². The SMILES string of the molecule is CC(Nc1ccc(C(=O)O)c2ccccc12)C1CCOC1. The molecule has 2 N–H and O–H groups in total. The summed E-state index contributed by atoms with van der Waals surface area (Å²) in [7, 11) is 0. The van der Waals surface area contributed by atoms with E-state index in [2.05, 4.69) is 12.2 Å². The van der Waals surface area contributed by atoms with E-state index in [0.29, 0.717) is 17.5 Å². The van der Waals surface area contributed by atoms with Crippen LogP contribution < -0.4 is 5.32 Å². The average Bonchev–Trinajstić information content (AvgIpc) is 3.01. The van der Waals surface area contributed by atoms with E-state index in [9.17, 15) is 9.90 Å². The molecule has 2 aromatic carbocycles. The van der Waals surface area contributed by atoms with Crippen LogP contribution in [0, 0.1) is 5.92 Å². The molecule has 1 aliphatic rings. The number of carboxylic acid groups (broad SMARTS) is 1. The first-order valence-electron chi connectivity index (χ1n) is 7.26. The average molecular weight is 285 g/mol. The molecule has 2 aromatic rings. The van der Waals surface area contributed by atoms with Crippen molar-refractivity contribution in [2.45, 2.75) is 19.4 Å². The summed E-state index contributed by atoms with van der Waals surface area (Å²) in [6.45, 7) is 3.77. The number of rotatable bonds is 4. The van der Waals surface area contributed by atoms with Gasteiger partial charge in [0.15, 0.2) is 0 Å². The molecule has 0 bridgehead atoms. The molecule has 2 atom stereocenters. The minimum atomic E-state index is -0.894. The molecule has 0 aromatic heterocycles. The van der Waals surface area contributed by atoms with Gasteiger partial charge in [0.25, 0.3) is 0 Å². The van der Waals surface area contributed by atoms with E-state index in [0.717, 1.165) is 36.1 Å². The van der Waals surface area contributed by atoms with Crippen LogP contribution in [0.2, 0.25) is 0 Å². The minimum Gasteiger partial charge on any atom is -0.478 e. The molecule has 1 aliphatic heterocycles. The second-order valence-corrected chi connectivity index (χ2v) is 5.57. The van der Waals surface area contributed by atoms with E-state index in [1.807, 2.05) is 30.3 Å².